The van der Waals surface area contributed by atoms with E-state index in [-0.39, 0.29) is 0 Å². The van der Waals surface area contributed by atoms with Crippen LogP contribution in [0.25, 0.3) is 0 Å². The van der Waals surface area contributed by atoms with Gasteiger partial charge < -0.3 is 10.1 Å². The average molecular weight is 253 g/mol. The predicted octanol–water partition coefficient (Wildman–Crippen LogP) is 3.61. The Labute approximate surface area is 113 Å². The highest BCUT2D eigenvalue weighted by molar-refractivity contribution is 4.94. The van der Waals surface area contributed by atoms with Gasteiger partial charge in [-0.15, -0.1) is 0 Å². The van der Waals surface area contributed by atoms with Crippen molar-refractivity contribution in [3.8, 4) is 0 Å². The molecule has 2 fully saturated rings. The number of hydrogen-bond acceptors (Lipinski definition) is 2. The van der Waals surface area contributed by atoms with Crippen LogP contribution in [0.3, 0.4) is 0 Å². The van der Waals surface area contributed by atoms with Gasteiger partial charge in [0.25, 0.3) is 0 Å². The molecule has 106 valence electrons. The molecule has 0 aromatic carbocycles. The van der Waals surface area contributed by atoms with Crippen molar-refractivity contribution in [1.82, 2.24) is 5.32 Å². The lowest BCUT2D eigenvalue weighted by molar-refractivity contribution is -0.149. The lowest BCUT2D eigenvalue weighted by Gasteiger charge is -2.48. The summed E-state index contributed by atoms with van der Waals surface area (Å²) < 4.78 is 6.02. The minimum Gasteiger partial charge on any atom is -0.375 e. The van der Waals surface area contributed by atoms with Crippen LogP contribution in [0.1, 0.15) is 59.3 Å². The molecule has 0 aromatic rings. The zero-order valence-corrected chi connectivity index (χ0v) is 12.5. The molecule has 0 amide bonds. The Bertz CT molecular complexity index is 247. The minimum absolute atomic E-state index is 0.322. The molecule has 1 saturated heterocycles. The van der Waals surface area contributed by atoms with E-state index in [4.69, 9.17) is 4.74 Å². The Kier molecular flexibility index (Phi) is 5.08. The highest BCUT2D eigenvalue weighted by atomic mass is 16.5. The van der Waals surface area contributed by atoms with Crippen LogP contribution in [-0.2, 0) is 4.74 Å². The summed E-state index contributed by atoms with van der Waals surface area (Å²) in [4.78, 5) is 0. The Morgan fingerprint density at radius 1 is 1.28 bits per heavy atom. The molecule has 2 aliphatic rings. The number of hydrogen-bond donors (Lipinski definition) is 1. The van der Waals surface area contributed by atoms with E-state index in [1.54, 1.807) is 0 Å². The molecule has 1 aliphatic carbocycles. The molecule has 1 saturated carbocycles. The molecule has 2 nitrogen and oxygen atoms in total. The van der Waals surface area contributed by atoms with Gasteiger partial charge in [0.15, 0.2) is 0 Å². The van der Waals surface area contributed by atoms with Gasteiger partial charge in [-0.25, -0.2) is 0 Å². The van der Waals surface area contributed by atoms with E-state index in [1.165, 1.54) is 45.1 Å². The van der Waals surface area contributed by atoms with Gasteiger partial charge in [0, 0.05) is 6.61 Å². The summed E-state index contributed by atoms with van der Waals surface area (Å²) >= 11 is 0. The van der Waals surface area contributed by atoms with Gasteiger partial charge in [-0.1, -0.05) is 20.8 Å². The van der Waals surface area contributed by atoms with E-state index >= 15 is 0 Å². The van der Waals surface area contributed by atoms with E-state index < -0.39 is 0 Å². The third-order valence-corrected chi connectivity index (χ3v) is 4.93. The van der Waals surface area contributed by atoms with Gasteiger partial charge in [0.2, 0.25) is 0 Å². The summed E-state index contributed by atoms with van der Waals surface area (Å²) in [5.41, 5.74) is 0.322. The monoisotopic (exact) mass is 253 g/mol. The van der Waals surface area contributed by atoms with E-state index in [0.717, 1.165) is 30.9 Å². The number of ether oxygens (including phenoxy) is 1. The smallest absolute Gasteiger partial charge is 0.0685 e. The molecule has 1 heterocycles. The summed E-state index contributed by atoms with van der Waals surface area (Å²) in [6, 6.07) is 0. The fourth-order valence-corrected chi connectivity index (χ4v) is 3.43. The maximum absolute atomic E-state index is 6.02. The Balaban J connectivity index is 1.66. The van der Waals surface area contributed by atoms with Crippen LogP contribution < -0.4 is 5.32 Å². The van der Waals surface area contributed by atoms with Gasteiger partial charge in [0.1, 0.15) is 0 Å². The van der Waals surface area contributed by atoms with Crippen LogP contribution in [0.4, 0.5) is 0 Å². The molecule has 0 radical (unpaired) electrons. The fraction of sp³-hybridized carbons (Fsp3) is 1.00. The fourth-order valence-electron chi connectivity index (χ4n) is 3.43. The number of rotatable bonds is 6. The molecule has 2 unspecified atom stereocenters. The zero-order chi connectivity index (χ0) is 13.0. The van der Waals surface area contributed by atoms with Crippen molar-refractivity contribution in [2.24, 2.45) is 17.8 Å². The van der Waals surface area contributed by atoms with Gasteiger partial charge in [-0.3, -0.25) is 0 Å². The number of nitrogens with one attached hydrogen (secondary N) is 1. The van der Waals surface area contributed by atoms with Crippen molar-refractivity contribution in [3.63, 3.8) is 0 Å². The van der Waals surface area contributed by atoms with Crippen molar-refractivity contribution in [1.29, 1.82) is 0 Å². The summed E-state index contributed by atoms with van der Waals surface area (Å²) in [6.45, 7) is 10.3. The van der Waals surface area contributed by atoms with E-state index in [2.05, 4.69) is 26.1 Å². The molecule has 2 atom stereocenters. The molecule has 2 heteroatoms. The molecule has 18 heavy (non-hydrogen) atoms. The van der Waals surface area contributed by atoms with Crippen LogP contribution in [-0.4, -0.2) is 25.3 Å². The lowest BCUT2D eigenvalue weighted by atomic mass is 9.69. The summed E-state index contributed by atoms with van der Waals surface area (Å²) in [5, 5.41) is 3.57. The van der Waals surface area contributed by atoms with Crippen molar-refractivity contribution in [2.75, 3.05) is 19.7 Å². The molecule has 1 spiro atoms. The SMILES string of the molecule is CC(C)CNCCC(C)C1CCOC2(CCC2)C1. The lowest BCUT2D eigenvalue weighted by Crippen LogP contribution is -2.46. The standard InChI is InChI=1S/C16H31NO/c1-13(2)12-17-9-5-14(3)15-6-10-18-16(11-15)7-4-8-16/h13-15,17H,4-12H2,1-3H3. The molecular formula is C16H31NO. The third-order valence-electron chi connectivity index (χ3n) is 4.93. The first-order chi connectivity index (χ1) is 8.61. The molecule has 0 aromatic heterocycles. The van der Waals surface area contributed by atoms with E-state index in [0.29, 0.717) is 5.60 Å². The van der Waals surface area contributed by atoms with E-state index in [9.17, 15) is 0 Å². The maximum atomic E-state index is 6.02. The van der Waals surface area contributed by atoms with Crippen molar-refractivity contribution >= 4 is 0 Å². The van der Waals surface area contributed by atoms with Crippen LogP contribution in [0.15, 0.2) is 0 Å². The first kappa shape index (κ1) is 14.3. The topological polar surface area (TPSA) is 21.3 Å². The summed E-state index contributed by atoms with van der Waals surface area (Å²) in [6.07, 6.45) is 7.97. The average Bonchev–Trinajstić information content (AvgIpc) is 2.32. The van der Waals surface area contributed by atoms with Crippen LogP contribution >= 0.6 is 0 Å². The zero-order valence-electron chi connectivity index (χ0n) is 12.5. The van der Waals surface area contributed by atoms with Crippen molar-refractivity contribution in [2.45, 2.75) is 64.9 Å². The summed E-state index contributed by atoms with van der Waals surface area (Å²) in [5.74, 6) is 2.52. The molecule has 2 rings (SSSR count). The van der Waals surface area contributed by atoms with Crippen LogP contribution in [0.5, 0.6) is 0 Å². The van der Waals surface area contributed by atoms with Gasteiger partial charge in [0.05, 0.1) is 5.60 Å². The minimum atomic E-state index is 0.322. The first-order valence-electron chi connectivity index (χ1n) is 7.96. The van der Waals surface area contributed by atoms with E-state index in [1.807, 2.05) is 0 Å². The van der Waals surface area contributed by atoms with Crippen LogP contribution in [0.2, 0.25) is 0 Å². The molecule has 0 bridgehead atoms. The van der Waals surface area contributed by atoms with Crippen molar-refractivity contribution < 1.29 is 4.74 Å². The quantitative estimate of drug-likeness (QED) is 0.730. The highest BCUT2D eigenvalue weighted by Crippen LogP contribution is 2.46. The summed E-state index contributed by atoms with van der Waals surface area (Å²) in [7, 11) is 0. The Morgan fingerprint density at radius 2 is 2.06 bits per heavy atom. The molecular weight excluding hydrogens is 222 g/mol. The molecule has 1 aliphatic heterocycles. The van der Waals surface area contributed by atoms with Gasteiger partial charge in [-0.05, 0) is 69.4 Å². The highest BCUT2D eigenvalue weighted by Gasteiger charge is 2.43. The predicted molar refractivity (Wildman–Crippen MR) is 76.7 cm³/mol. The van der Waals surface area contributed by atoms with Crippen molar-refractivity contribution in [3.05, 3.63) is 0 Å². The first-order valence-corrected chi connectivity index (χ1v) is 7.96. The second-order valence-corrected chi connectivity index (χ2v) is 7.00. The second kappa shape index (κ2) is 6.38. The second-order valence-electron chi connectivity index (χ2n) is 7.00. The Hall–Kier alpha value is -0.0800. The van der Waals surface area contributed by atoms with Gasteiger partial charge in [-0.2, -0.15) is 0 Å². The molecule has 1 N–H and O–H groups in total. The van der Waals surface area contributed by atoms with Gasteiger partial charge >= 0.3 is 0 Å². The normalized spacial score (nSPS) is 28.3. The maximum Gasteiger partial charge on any atom is 0.0685 e. The third kappa shape index (κ3) is 3.71. The Morgan fingerprint density at radius 3 is 2.67 bits per heavy atom. The largest absolute Gasteiger partial charge is 0.375 e. The van der Waals surface area contributed by atoms with Crippen LogP contribution in [0, 0.1) is 17.8 Å².